The van der Waals surface area contributed by atoms with Crippen LogP contribution in [0.4, 0.5) is 0 Å². The normalized spacial score (nSPS) is 10.4. The van der Waals surface area contributed by atoms with E-state index in [-0.39, 0.29) is 24.2 Å². The van der Waals surface area contributed by atoms with Gasteiger partial charge in [-0.25, -0.2) is 0 Å². The molecule has 7 nitrogen and oxygen atoms in total. The van der Waals surface area contributed by atoms with Gasteiger partial charge in [0.05, 0.1) is 25.5 Å². The summed E-state index contributed by atoms with van der Waals surface area (Å²) in [4.78, 5) is 17.1. The monoisotopic (exact) mass is 386 g/mol. The van der Waals surface area contributed by atoms with Crippen molar-refractivity contribution in [2.24, 2.45) is 0 Å². The van der Waals surface area contributed by atoms with Crippen molar-refractivity contribution < 1.29 is 23.5 Å². The van der Waals surface area contributed by atoms with Crippen molar-refractivity contribution in [2.75, 3.05) is 20.0 Å². The van der Waals surface area contributed by atoms with Crippen molar-refractivity contribution in [1.82, 2.24) is 10.1 Å². The van der Waals surface area contributed by atoms with E-state index in [1.165, 1.54) is 11.8 Å². The molecule has 0 N–H and O–H groups in total. The fourth-order valence-electron chi connectivity index (χ4n) is 2.25. The third kappa shape index (κ3) is 5.01. The summed E-state index contributed by atoms with van der Waals surface area (Å²) in [5.41, 5.74) is 0.652. The fourth-order valence-corrected chi connectivity index (χ4v) is 2.97. The lowest BCUT2D eigenvalue weighted by molar-refractivity contribution is -0.142. The first-order chi connectivity index (χ1) is 13.2. The molecule has 0 spiro atoms. The highest BCUT2D eigenvalue weighted by atomic mass is 32.2. The van der Waals surface area contributed by atoms with Gasteiger partial charge < -0.3 is 18.7 Å². The van der Waals surface area contributed by atoms with E-state index in [1.54, 1.807) is 32.4 Å². The van der Waals surface area contributed by atoms with Gasteiger partial charge in [0.25, 0.3) is 5.89 Å². The quantitative estimate of drug-likeness (QED) is 0.429. The maximum absolute atomic E-state index is 11.9. The van der Waals surface area contributed by atoms with E-state index in [9.17, 15) is 4.79 Å². The molecule has 0 saturated heterocycles. The highest BCUT2D eigenvalue weighted by Gasteiger charge is 2.15. The van der Waals surface area contributed by atoms with Gasteiger partial charge in [-0.2, -0.15) is 4.98 Å². The first kappa shape index (κ1) is 18.8. The second-order valence-electron chi connectivity index (χ2n) is 5.34. The number of esters is 1. The number of carbonyl (C=O) groups excluding carboxylic acids is 1. The largest absolute Gasteiger partial charge is 0.497 e. The fraction of sp³-hybridized carbons (Fsp3) is 0.211. The highest BCUT2D eigenvalue weighted by Crippen LogP contribution is 2.31. The Kier molecular flexibility index (Phi) is 6.32. The molecule has 27 heavy (non-hydrogen) atoms. The van der Waals surface area contributed by atoms with E-state index in [0.717, 1.165) is 4.90 Å². The molecule has 3 rings (SSSR count). The Hall–Kier alpha value is -3.00. The summed E-state index contributed by atoms with van der Waals surface area (Å²) in [6.45, 7) is -0.0837. The van der Waals surface area contributed by atoms with Crippen molar-refractivity contribution in [3.63, 3.8) is 0 Å². The average Bonchev–Trinajstić information content (AvgIpc) is 3.19. The molecule has 2 aromatic carbocycles. The second-order valence-corrected chi connectivity index (χ2v) is 6.39. The van der Waals surface area contributed by atoms with Crippen LogP contribution in [-0.4, -0.2) is 36.1 Å². The topological polar surface area (TPSA) is 83.7 Å². The van der Waals surface area contributed by atoms with Crippen molar-refractivity contribution in [3.8, 4) is 22.9 Å². The van der Waals surface area contributed by atoms with Gasteiger partial charge in [0, 0.05) is 11.0 Å². The van der Waals surface area contributed by atoms with Crippen LogP contribution in [0.5, 0.6) is 11.5 Å². The van der Waals surface area contributed by atoms with E-state index in [4.69, 9.17) is 18.7 Å². The molecule has 0 saturated carbocycles. The van der Waals surface area contributed by atoms with Crippen LogP contribution in [0.15, 0.2) is 57.9 Å². The summed E-state index contributed by atoms with van der Waals surface area (Å²) in [6.07, 6.45) is 0. The first-order valence-electron chi connectivity index (χ1n) is 8.08. The van der Waals surface area contributed by atoms with Gasteiger partial charge in [0.2, 0.25) is 5.82 Å². The van der Waals surface area contributed by atoms with Gasteiger partial charge in [0.15, 0.2) is 6.61 Å². The predicted octanol–water partition coefficient (Wildman–Crippen LogP) is 3.59. The molecule has 0 fully saturated rings. The van der Waals surface area contributed by atoms with Crippen LogP contribution in [0.25, 0.3) is 11.4 Å². The molecule has 0 atom stereocenters. The molecular weight excluding hydrogens is 368 g/mol. The van der Waals surface area contributed by atoms with Crippen molar-refractivity contribution in [3.05, 3.63) is 54.4 Å². The zero-order chi connectivity index (χ0) is 19.1. The van der Waals surface area contributed by atoms with Crippen LogP contribution in [0.1, 0.15) is 5.89 Å². The number of hydrogen-bond donors (Lipinski definition) is 0. The van der Waals surface area contributed by atoms with Gasteiger partial charge in [-0.3, -0.25) is 4.79 Å². The smallest absolute Gasteiger partial charge is 0.316 e. The number of rotatable bonds is 8. The van der Waals surface area contributed by atoms with Gasteiger partial charge in [-0.05, 0) is 24.3 Å². The van der Waals surface area contributed by atoms with Crippen LogP contribution in [-0.2, 0) is 16.1 Å². The summed E-state index contributed by atoms with van der Waals surface area (Å²) >= 11 is 1.40. The molecule has 0 amide bonds. The van der Waals surface area contributed by atoms with E-state index in [0.29, 0.717) is 22.9 Å². The molecule has 1 heterocycles. The maximum Gasteiger partial charge on any atom is 0.316 e. The van der Waals surface area contributed by atoms with E-state index in [1.807, 2.05) is 30.3 Å². The minimum atomic E-state index is -0.356. The molecule has 3 aromatic rings. The summed E-state index contributed by atoms with van der Waals surface area (Å²) in [5.74, 6) is 1.62. The Labute approximate surface area is 160 Å². The number of aromatic nitrogens is 2. The second kappa shape index (κ2) is 9.09. The molecule has 140 valence electrons. The minimum absolute atomic E-state index is 0.0837. The third-order valence-corrected chi connectivity index (χ3v) is 4.56. The van der Waals surface area contributed by atoms with Crippen LogP contribution >= 0.6 is 11.8 Å². The number of nitrogens with zero attached hydrogens (tertiary/aromatic N) is 2. The molecule has 0 aliphatic heterocycles. The van der Waals surface area contributed by atoms with E-state index >= 15 is 0 Å². The molecule has 0 radical (unpaired) electrons. The predicted molar refractivity (Wildman–Crippen MR) is 99.8 cm³/mol. The molecule has 0 bridgehead atoms. The number of carbonyl (C=O) groups is 1. The Morgan fingerprint density at radius 3 is 2.67 bits per heavy atom. The molecule has 0 aliphatic carbocycles. The molecular formula is C19H18N2O5S. The summed E-state index contributed by atoms with van der Waals surface area (Å²) in [6, 6.07) is 14.9. The van der Waals surface area contributed by atoms with Gasteiger partial charge in [0.1, 0.15) is 11.5 Å². The molecule has 0 unspecified atom stereocenters. The molecule has 8 heteroatoms. The number of ether oxygens (including phenoxy) is 3. The lowest BCUT2D eigenvalue weighted by Gasteiger charge is -2.07. The summed E-state index contributed by atoms with van der Waals surface area (Å²) in [7, 11) is 3.12. The van der Waals surface area contributed by atoms with Crippen molar-refractivity contribution in [2.45, 2.75) is 11.5 Å². The van der Waals surface area contributed by atoms with Gasteiger partial charge >= 0.3 is 5.97 Å². The minimum Gasteiger partial charge on any atom is -0.497 e. The highest BCUT2D eigenvalue weighted by molar-refractivity contribution is 8.00. The number of thioether (sulfide) groups is 1. The van der Waals surface area contributed by atoms with Gasteiger partial charge in [-0.15, -0.1) is 11.8 Å². The number of hydrogen-bond acceptors (Lipinski definition) is 8. The van der Waals surface area contributed by atoms with E-state index in [2.05, 4.69) is 10.1 Å². The zero-order valence-corrected chi connectivity index (χ0v) is 15.7. The van der Waals surface area contributed by atoms with Crippen molar-refractivity contribution >= 4 is 17.7 Å². The van der Waals surface area contributed by atoms with Crippen LogP contribution in [0, 0.1) is 0 Å². The first-order valence-corrected chi connectivity index (χ1v) is 9.06. The number of methoxy groups -OCH3 is 2. The SMILES string of the molecule is COc1ccc(-c2noc(COC(=O)CSc3ccccc3)n2)c(OC)c1. The van der Waals surface area contributed by atoms with Gasteiger partial charge in [-0.1, -0.05) is 23.4 Å². The Morgan fingerprint density at radius 2 is 1.93 bits per heavy atom. The number of benzene rings is 2. The van der Waals surface area contributed by atoms with E-state index < -0.39 is 0 Å². The Bertz CT molecular complexity index is 898. The van der Waals surface area contributed by atoms with Crippen molar-refractivity contribution in [1.29, 1.82) is 0 Å². The summed E-state index contributed by atoms with van der Waals surface area (Å²) < 4.78 is 20.8. The standard InChI is InChI=1S/C19H18N2O5S/c1-23-13-8-9-15(16(10-13)24-2)19-20-17(26-21-19)11-25-18(22)12-27-14-6-4-3-5-7-14/h3-10H,11-12H2,1-2H3. The molecule has 0 aliphatic rings. The lowest BCUT2D eigenvalue weighted by Crippen LogP contribution is -2.07. The van der Waals surface area contributed by atoms with Crippen LogP contribution < -0.4 is 9.47 Å². The average molecular weight is 386 g/mol. The lowest BCUT2D eigenvalue weighted by atomic mass is 10.2. The van der Waals surface area contributed by atoms with Crippen LogP contribution in [0.3, 0.4) is 0 Å². The van der Waals surface area contributed by atoms with Crippen LogP contribution in [0.2, 0.25) is 0 Å². The maximum atomic E-state index is 11.9. The summed E-state index contributed by atoms with van der Waals surface area (Å²) in [5, 5.41) is 3.92. The third-order valence-electron chi connectivity index (χ3n) is 3.57. The Morgan fingerprint density at radius 1 is 1.11 bits per heavy atom. The zero-order valence-electron chi connectivity index (χ0n) is 14.9. The molecule has 1 aromatic heterocycles. The Balaban J connectivity index is 1.57.